The molecule has 0 aliphatic carbocycles. The maximum Gasteiger partial charge on any atom is 0.231 e. The minimum Gasteiger partial charge on any atom is -0.302 e. The summed E-state index contributed by atoms with van der Waals surface area (Å²) < 4.78 is 49.0. The van der Waals surface area contributed by atoms with Crippen molar-refractivity contribution in [3.05, 3.63) is 29.6 Å². The van der Waals surface area contributed by atoms with Crippen molar-refractivity contribution in [1.29, 1.82) is 0 Å². The molecular weight excluding hydrogens is 448 g/mol. The molecule has 30 heavy (non-hydrogen) atoms. The minimum atomic E-state index is -3.33. The van der Waals surface area contributed by atoms with E-state index in [0.29, 0.717) is 42.4 Å². The number of thiazole rings is 1. The largest absolute Gasteiger partial charge is 0.302 e. The summed E-state index contributed by atoms with van der Waals surface area (Å²) in [4.78, 5) is 16.9. The lowest BCUT2D eigenvalue weighted by Crippen LogP contribution is -2.40. The first-order valence-corrected chi connectivity index (χ1v) is 13.8. The zero-order chi connectivity index (χ0) is 22.1. The van der Waals surface area contributed by atoms with Crippen LogP contribution in [-0.4, -0.2) is 64.7 Å². The number of hydrogen-bond donors (Lipinski definition) is 1. The molecule has 1 N–H and O–H groups in total. The van der Waals surface area contributed by atoms with Gasteiger partial charge in [0, 0.05) is 37.0 Å². The number of piperidine rings is 1. The highest BCUT2D eigenvalue weighted by Gasteiger charge is 2.29. The summed E-state index contributed by atoms with van der Waals surface area (Å²) >= 11 is 1.30. The highest BCUT2D eigenvalue weighted by Crippen LogP contribution is 2.28. The van der Waals surface area contributed by atoms with Gasteiger partial charge in [0.2, 0.25) is 26.0 Å². The Bertz CT molecular complexity index is 1120. The molecule has 0 bridgehead atoms. The lowest BCUT2D eigenvalue weighted by molar-refractivity contribution is -0.120. The second-order valence-electron chi connectivity index (χ2n) is 7.24. The molecule has 1 aliphatic heterocycles. The smallest absolute Gasteiger partial charge is 0.231 e. The summed E-state index contributed by atoms with van der Waals surface area (Å²) in [6.07, 6.45) is 3.27. The van der Waals surface area contributed by atoms with Gasteiger partial charge in [0.05, 0.1) is 23.9 Å². The van der Waals surface area contributed by atoms with Gasteiger partial charge in [-0.3, -0.25) is 9.10 Å². The van der Waals surface area contributed by atoms with Crippen molar-refractivity contribution in [2.24, 2.45) is 5.92 Å². The molecule has 9 nitrogen and oxygen atoms in total. The molecule has 3 rings (SSSR count). The first-order valence-electron chi connectivity index (χ1n) is 9.21. The normalized spacial score (nSPS) is 16.4. The predicted octanol–water partition coefficient (Wildman–Crippen LogP) is 1.82. The van der Waals surface area contributed by atoms with Crippen LogP contribution in [0.5, 0.6) is 0 Å². The number of carbonyl (C=O) groups is 1. The lowest BCUT2D eigenvalue weighted by Gasteiger charge is -2.29. The standard InChI is InChI=1S/C18H24N4O5S3/c1-21(29(2,24)25)15-6-4-13(5-7-15)16-12-28-18(19-16)20-17(23)14-8-10-22(11-9-14)30(3,26)27/h4-7,12,14H,8-11H2,1-3H3,(H,19,20,23). The number of nitrogens with zero attached hydrogens (tertiary/aromatic N) is 3. The molecule has 2 aromatic rings. The van der Waals surface area contributed by atoms with Crippen LogP contribution in [-0.2, 0) is 24.8 Å². The van der Waals surface area contributed by atoms with Crippen molar-refractivity contribution in [1.82, 2.24) is 9.29 Å². The van der Waals surface area contributed by atoms with Gasteiger partial charge in [-0.2, -0.15) is 0 Å². The van der Waals surface area contributed by atoms with Crippen LogP contribution < -0.4 is 9.62 Å². The third kappa shape index (κ3) is 5.36. The molecule has 0 saturated carbocycles. The van der Waals surface area contributed by atoms with E-state index >= 15 is 0 Å². The van der Waals surface area contributed by atoms with Crippen LogP contribution in [0.4, 0.5) is 10.8 Å². The summed E-state index contributed by atoms with van der Waals surface area (Å²) in [5.74, 6) is -0.407. The fourth-order valence-corrected chi connectivity index (χ4v) is 5.26. The van der Waals surface area contributed by atoms with Crippen molar-refractivity contribution in [2.45, 2.75) is 12.8 Å². The molecule has 0 radical (unpaired) electrons. The van der Waals surface area contributed by atoms with Crippen LogP contribution >= 0.6 is 11.3 Å². The van der Waals surface area contributed by atoms with E-state index in [-0.39, 0.29) is 11.8 Å². The summed E-state index contributed by atoms with van der Waals surface area (Å²) in [7, 11) is -5.07. The molecule has 164 valence electrons. The monoisotopic (exact) mass is 472 g/mol. The molecule has 12 heteroatoms. The van der Waals surface area contributed by atoms with Gasteiger partial charge in [-0.05, 0) is 25.0 Å². The van der Waals surface area contributed by atoms with E-state index in [1.54, 1.807) is 24.3 Å². The topological polar surface area (TPSA) is 117 Å². The number of nitrogens with one attached hydrogen (secondary N) is 1. The van der Waals surface area contributed by atoms with Gasteiger partial charge in [-0.1, -0.05) is 12.1 Å². The van der Waals surface area contributed by atoms with E-state index in [2.05, 4.69) is 10.3 Å². The van der Waals surface area contributed by atoms with Crippen LogP contribution in [0, 0.1) is 5.92 Å². The number of hydrogen-bond acceptors (Lipinski definition) is 7. The van der Waals surface area contributed by atoms with E-state index < -0.39 is 20.0 Å². The molecule has 0 spiro atoms. The van der Waals surface area contributed by atoms with E-state index in [1.165, 1.54) is 33.3 Å². The van der Waals surface area contributed by atoms with E-state index in [9.17, 15) is 21.6 Å². The molecule has 1 fully saturated rings. The summed E-state index contributed by atoms with van der Waals surface area (Å²) in [5.41, 5.74) is 2.03. The van der Waals surface area contributed by atoms with Gasteiger partial charge < -0.3 is 5.32 Å². The van der Waals surface area contributed by atoms with Gasteiger partial charge in [0.1, 0.15) is 0 Å². The van der Waals surface area contributed by atoms with Crippen LogP contribution in [0.15, 0.2) is 29.6 Å². The Kier molecular flexibility index (Phi) is 6.51. The van der Waals surface area contributed by atoms with Crippen LogP contribution in [0.1, 0.15) is 12.8 Å². The quantitative estimate of drug-likeness (QED) is 0.685. The Hall–Kier alpha value is -2.02. The fraction of sp³-hybridized carbons (Fsp3) is 0.444. The van der Waals surface area contributed by atoms with Gasteiger partial charge in [-0.15, -0.1) is 11.3 Å². The second kappa shape index (κ2) is 8.61. The van der Waals surface area contributed by atoms with Crippen LogP contribution in [0.25, 0.3) is 11.3 Å². The van der Waals surface area contributed by atoms with E-state index in [4.69, 9.17) is 0 Å². The first kappa shape index (κ1) is 22.7. The number of rotatable bonds is 6. The Morgan fingerprint density at radius 2 is 1.73 bits per heavy atom. The Morgan fingerprint density at radius 1 is 1.13 bits per heavy atom. The molecule has 0 atom stereocenters. The zero-order valence-corrected chi connectivity index (χ0v) is 19.3. The molecule has 1 saturated heterocycles. The molecule has 1 aromatic carbocycles. The average Bonchev–Trinajstić information content (AvgIpc) is 3.14. The Balaban J connectivity index is 1.62. The average molecular weight is 473 g/mol. The first-order chi connectivity index (χ1) is 13.9. The van der Waals surface area contributed by atoms with Crippen molar-refractivity contribution in [3.63, 3.8) is 0 Å². The zero-order valence-electron chi connectivity index (χ0n) is 16.9. The van der Waals surface area contributed by atoms with Crippen molar-refractivity contribution in [2.75, 3.05) is 42.3 Å². The highest BCUT2D eigenvalue weighted by atomic mass is 32.2. The van der Waals surface area contributed by atoms with Crippen molar-refractivity contribution >= 4 is 48.1 Å². The number of anilines is 2. The van der Waals surface area contributed by atoms with Crippen molar-refractivity contribution < 1.29 is 21.6 Å². The third-order valence-electron chi connectivity index (χ3n) is 5.05. The number of carbonyl (C=O) groups excluding carboxylic acids is 1. The van der Waals surface area contributed by atoms with E-state index in [1.807, 2.05) is 5.38 Å². The van der Waals surface area contributed by atoms with Crippen LogP contribution in [0.2, 0.25) is 0 Å². The number of amides is 1. The summed E-state index contributed by atoms with van der Waals surface area (Å²) in [6.45, 7) is 0.683. The molecular formula is C18H24N4O5S3. The van der Waals surface area contributed by atoms with Crippen molar-refractivity contribution in [3.8, 4) is 11.3 Å². The van der Waals surface area contributed by atoms with Gasteiger partial charge in [-0.25, -0.2) is 26.1 Å². The SMILES string of the molecule is CN(c1ccc(-c2csc(NC(=O)C3CCN(S(C)(=O)=O)CC3)n2)cc1)S(C)(=O)=O. The Morgan fingerprint density at radius 3 is 2.27 bits per heavy atom. The highest BCUT2D eigenvalue weighted by molar-refractivity contribution is 7.92. The second-order valence-corrected chi connectivity index (χ2v) is 12.1. The summed E-state index contributed by atoms with van der Waals surface area (Å²) in [6, 6.07) is 6.95. The third-order valence-corrected chi connectivity index (χ3v) is 8.32. The fourth-order valence-electron chi connectivity index (χ4n) is 3.15. The molecule has 2 heterocycles. The number of aromatic nitrogens is 1. The predicted molar refractivity (Wildman–Crippen MR) is 119 cm³/mol. The summed E-state index contributed by atoms with van der Waals surface area (Å²) in [5, 5.41) is 5.10. The minimum absolute atomic E-state index is 0.158. The lowest BCUT2D eigenvalue weighted by atomic mass is 9.97. The van der Waals surface area contributed by atoms with Crippen LogP contribution in [0.3, 0.4) is 0 Å². The number of benzene rings is 1. The number of sulfonamides is 2. The molecule has 1 amide bonds. The maximum atomic E-state index is 12.5. The Labute approximate surface area is 180 Å². The molecule has 0 unspecified atom stereocenters. The molecule has 1 aliphatic rings. The van der Waals surface area contributed by atoms with Gasteiger partial charge in [0.25, 0.3) is 0 Å². The van der Waals surface area contributed by atoms with E-state index in [0.717, 1.165) is 11.8 Å². The van der Waals surface area contributed by atoms with Gasteiger partial charge >= 0.3 is 0 Å². The maximum absolute atomic E-state index is 12.5. The van der Waals surface area contributed by atoms with Gasteiger partial charge in [0.15, 0.2) is 5.13 Å². The molecule has 1 aromatic heterocycles.